The van der Waals surface area contributed by atoms with Gasteiger partial charge in [-0.3, -0.25) is 9.69 Å². The van der Waals surface area contributed by atoms with Crippen LogP contribution in [0.3, 0.4) is 0 Å². The monoisotopic (exact) mass is 307 g/mol. The Bertz CT molecular complexity index is 494. The summed E-state index contributed by atoms with van der Waals surface area (Å²) < 4.78 is 17.2. The number of hydrogen-bond acceptors (Lipinski definition) is 5. The van der Waals surface area contributed by atoms with E-state index in [1.807, 2.05) is 0 Å². The molecule has 1 saturated carbocycles. The number of methoxy groups -OCH3 is 1. The molecule has 5 nitrogen and oxygen atoms in total. The Hall–Kier alpha value is -0.845. The highest BCUT2D eigenvalue weighted by atomic mass is 16.7. The fraction of sp³-hybridized carbons (Fsp3) is 0.812. The minimum Gasteiger partial charge on any atom is -0.468 e. The fourth-order valence-corrected chi connectivity index (χ4v) is 3.24. The second kappa shape index (κ2) is 5.08. The van der Waals surface area contributed by atoms with E-state index in [-0.39, 0.29) is 29.8 Å². The van der Waals surface area contributed by atoms with Crippen molar-refractivity contribution in [2.45, 2.75) is 63.7 Å². The molecule has 2 heterocycles. The predicted molar refractivity (Wildman–Crippen MR) is 84.3 cm³/mol. The first-order valence-corrected chi connectivity index (χ1v) is 8.10. The smallest absolute Gasteiger partial charge is 0.468 e. The minimum absolute atomic E-state index is 0.0972. The number of hydrogen-bond donors (Lipinski definition) is 0. The molecule has 0 spiro atoms. The van der Waals surface area contributed by atoms with E-state index in [4.69, 9.17) is 14.0 Å². The second-order valence-corrected chi connectivity index (χ2v) is 7.59. The summed E-state index contributed by atoms with van der Waals surface area (Å²) in [6.45, 7) is 9.88. The molecule has 0 amide bonds. The van der Waals surface area contributed by atoms with Crippen molar-refractivity contribution in [2.75, 3.05) is 20.2 Å². The van der Waals surface area contributed by atoms with Crippen LogP contribution in [0, 0.1) is 0 Å². The molecule has 0 N–H and O–H groups in total. The van der Waals surface area contributed by atoms with Crippen molar-refractivity contribution in [2.24, 2.45) is 0 Å². The highest BCUT2D eigenvalue weighted by molar-refractivity contribution is 6.54. The van der Waals surface area contributed by atoms with Gasteiger partial charge in [0.15, 0.2) is 0 Å². The summed E-state index contributed by atoms with van der Waals surface area (Å²) in [4.78, 5) is 14.2. The summed E-state index contributed by atoms with van der Waals surface area (Å²) in [6, 6.07) is 0. The van der Waals surface area contributed by atoms with Gasteiger partial charge >= 0.3 is 13.1 Å². The molecule has 0 radical (unpaired) electrons. The lowest BCUT2D eigenvalue weighted by Crippen LogP contribution is -2.47. The number of ether oxygens (including phenoxy) is 1. The first kappa shape index (κ1) is 16.0. The van der Waals surface area contributed by atoms with E-state index in [1.165, 1.54) is 12.6 Å². The lowest BCUT2D eigenvalue weighted by Gasteiger charge is -2.32. The van der Waals surface area contributed by atoms with Gasteiger partial charge in [0.05, 0.1) is 18.3 Å². The Morgan fingerprint density at radius 2 is 1.82 bits per heavy atom. The maximum atomic E-state index is 12.0. The van der Waals surface area contributed by atoms with E-state index in [2.05, 4.69) is 38.7 Å². The molecule has 3 aliphatic rings. The van der Waals surface area contributed by atoms with Crippen molar-refractivity contribution >= 4 is 13.1 Å². The van der Waals surface area contributed by atoms with Crippen LogP contribution >= 0.6 is 0 Å². The van der Waals surface area contributed by atoms with Crippen LogP contribution in [0.1, 0.15) is 47.0 Å². The Labute approximate surface area is 133 Å². The second-order valence-electron chi connectivity index (χ2n) is 7.59. The van der Waals surface area contributed by atoms with Crippen molar-refractivity contribution in [3.63, 3.8) is 0 Å². The molecule has 1 aliphatic carbocycles. The number of carbonyl (C=O) groups excluding carboxylic acids is 1. The van der Waals surface area contributed by atoms with E-state index in [0.717, 1.165) is 32.4 Å². The number of nitrogens with zero attached hydrogens (tertiary/aromatic N) is 1. The van der Waals surface area contributed by atoms with Crippen LogP contribution in [-0.2, 0) is 18.8 Å². The van der Waals surface area contributed by atoms with Crippen molar-refractivity contribution in [3.8, 4) is 0 Å². The van der Waals surface area contributed by atoms with Crippen LogP contribution in [0.2, 0.25) is 0 Å². The van der Waals surface area contributed by atoms with Gasteiger partial charge in [0.25, 0.3) is 0 Å². The molecule has 22 heavy (non-hydrogen) atoms. The maximum Gasteiger partial charge on any atom is 0.490 e. The third-order valence-electron chi connectivity index (χ3n) is 5.69. The van der Waals surface area contributed by atoms with Crippen molar-refractivity contribution < 1.29 is 18.8 Å². The van der Waals surface area contributed by atoms with Crippen LogP contribution in [0.15, 0.2) is 11.5 Å². The average molecular weight is 307 g/mol. The largest absolute Gasteiger partial charge is 0.490 e. The lowest BCUT2D eigenvalue weighted by molar-refractivity contribution is -0.148. The first-order valence-electron chi connectivity index (χ1n) is 8.10. The van der Waals surface area contributed by atoms with Gasteiger partial charge in [0.2, 0.25) is 0 Å². The van der Waals surface area contributed by atoms with Gasteiger partial charge in [0.1, 0.15) is 5.54 Å². The van der Waals surface area contributed by atoms with E-state index in [1.54, 1.807) is 0 Å². The van der Waals surface area contributed by atoms with Crippen LogP contribution in [0.4, 0.5) is 0 Å². The standard InChI is InChI=1S/C16H26BNO4/c1-14(2)15(3,4)22-17(21-14)12-6-10-18(11-7-12)16(8-9-16)13(19)20-5/h6H,7-11H2,1-5H3. The van der Waals surface area contributed by atoms with Gasteiger partial charge in [-0.2, -0.15) is 0 Å². The first-order chi connectivity index (χ1) is 10.2. The number of carbonyl (C=O) groups is 1. The molecule has 0 aromatic heterocycles. The van der Waals surface area contributed by atoms with Crippen LogP contribution < -0.4 is 0 Å². The van der Waals surface area contributed by atoms with Crippen LogP contribution in [0.5, 0.6) is 0 Å². The van der Waals surface area contributed by atoms with E-state index < -0.39 is 0 Å². The molecular weight excluding hydrogens is 281 g/mol. The fourth-order valence-electron chi connectivity index (χ4n) is 3.24. The summed E-state index contributed by atoms with van der Waals surface area (Å²) >= 11 is 0. The SMILES string of the molecule is COC(=O)C1(N2CC=C(B3OC(C)(C)C(C)(C)O3)CC2)CC1. The molecule has 2 aliphatic heterocycles. The zero-order chi connectivity index (χ0) is 16.2. The van der Waals surface area contributed by atoms with Gasteiger partial charge < -0.3 is 14.0 Å². The van der Waals surface area contributed by atoms with Gasteiger partial charge in [0, 0.05) is 13.1 Å². The van der Waals surface area contributed by atoms with E-state index in [9.17, 15) is 4.79 Å². The molecule has 0 aromatic carbocycles. The third-order valence-corrected chi connectivity index (χ3v) is 5.69. The molecule has 6 heteroatoms. The number of esters is 1. The zero-order valence-electron chi connectivity index (χ0n) is 14.3. The van der Waals surface area contributed by atoms with E-state index in [0.29, 0.717) is 0 Å². The molecule has 0 bridgehead atoms. The summed E-state index contributed by atoms with van der Waals surface area (Å²) in [5.74, 6) is -0.0972. The third kappa shape index (κ3) is 2.41. The molecule has 3 rings (SSSR count). The van der Waals surface area contributed by atoms with Gasteiger partial charge in [-0.05, 0) is 52.4 Å². The normalized spacial score (nSPS) is 29.1. The molecule has 0 aromatic rings. The van der Waals surface area contributed by atoms with Gasteiger partial charge in [-0.25, -0.2) is 0 Å². The zero-order valence-corrected chi connectivity index (χ0v) is 14.3. The van der Waals surface area contributed by atoms with Gasteiger partial charge in [-0.15, -0.1) is 0 Å². The molecule has 2 fully saturated rings. The average Bonchev–Trinajstić information content (AvgIpc) is 3.23. The summed E-state index contributed by atoms with van der Waals surface area (Å²) in [5, 5.41) is 0. The highest BCUT2D eigenvalue weighted by Gasteiger charge is 2.57. The van der Waals surface area contributed by atoms with Crippen LogP contribution in [0.25, 0.3) is 0 Å². The molecular formula is C16H26BNO4. The summed E-state index contributed by atoms with van der Waals surface area (Å²) in [5.41, 5.74) is 0.210. The minimum atomic E-state index is -0.368. The van der Waals surface area contributed by atoms with E-state index >= 15 is 0 Å². The molecule has 1 saturated heterocycles. The van der Waals surface area contributed by atoms with Crippen molar-refractivity contribution in [3.05, 3.63) is 11.5 Å². The summed E-state index contributed by atoms with van der Waals surface area (Å²) in [6.07, 6.45) is 4.84. The van der Waals surface area contributed by atoms with Crippen molar-refractivity contribution in [1.29, 1.82) is 0 Å². The maximum absolute atomic E-state index is 12.0. The molecule has 0 atom stereocenters. The Morgan fingerprint density at radius 1 is 1.23 bits per heavy atom. The molecule has 0 unspecified atom stereocenters. The van der Waals surface area contributed by atoms with Crippen LogP contribution in [-0.4, -0.2) is 54.9 Å². The van der Waals surface area contributed by atoms with Gasteiger partial charge in [-0.1, -0.05) is 6.08 Å². The Morgan fingerprint density at radius 3 is 2.23 bits per heavy atom. The quantitative estimate of drug-likeness (QED) is 0.589. The lowest BCUT2D eigenvalue weighted by atomic mass is 9.74. The van der Waals surface area contributed by atoms with Crippen molar-refractivity contribution in [1.82, 2.24) is 4.90 Å². The highest BCUT2D eigenvalue weighted by Crippen LogP contribution is 2.45. The Balaban J connectivity index is 1.67. The topological polar surface area (TPSA) is 48.0 Å². The Kier molecular flexibility index (Phi) is 3.70. The summed E-state index contributed by atoms with van der Waals surface area (Å²) in [7, 11) is 1.21. The number of rotatable bonds is 3. The molecule has 122 valence electrons. The predicted octanol–water partition coefficient (Wildman–Crippen LogP) is 1.96.